The molecule has 2 aromatic carbocycles. The van der Waals surface area contributed by atoms with Crippen molar-refractivity contribution in [3.63, 3.8) is 0 Å². The van der Waals surface area contributed by atoms with E-state index in [1.807, 2.05) is 59.2 Å². The SMILES string of the molecule is Cc1ccccc1-c1cc(=O)n(CC2(O)CCN(C(=O)N3CCNCC3c3ccccc3)CC23CCCC3)cn1. The highest BCUT2D eigenvalue weighted by atomic mass is 16.3. The molecule has 3 heterocycles. The normalized spacial score (nSPS) is 24.4. The molecule has 2 unspecified atom stereocenters. The molecular weight excluding hydrogens is 502 g/mol. The molecule has 2 aliphatic heterocycles. The molecule has 8 nitrogen and oxygen atoms in total. The molecule has 2 amide bonds. The van der Waals surface area contributed by atoms with Crippen LogP contribution < -0.4 is 10.9 Å². The maximum atomic E-state index is 14.0. The Morgan fingerprint density at radius 2 is 1.80 bits per heavy atom. The van der Waals surface area contributed by atoms with E-state index >= 15 is 0 Å². The van der Waals surface area contributed by atoms with E-state index in [9.17, 15) is 14.7 Å². The molecule has 8 heteroatoms. The number of benzene rings is 2. The second-order valence-electron chi connectivity index (χ2n) is 11.9. The van der Waals surface area contributed by atoms with Crippen molar-refractivity contribution in [2.24, 2.45) is 5.41 Å². The summed E-state index contributed by atoms with van der Waals surface area (Å²) in [5, 5.41) is 15.7. The van der Waals surface area contributed by atoms with Crippen LogP contribution in [0.5, 0.6) is 0 Å². The molecule has 2 saturated heterocycles. The Morgan fingerprint density at radius 1 is 1.05 bits per heavy atom. The minimum absolute atomic E-state index is 0.0146. The van der Waals surface area contributed by atoms with Crippen molar-refractivity contribution in [1.29, 1.82) is 0 Å². The molecule has 210 valence electrons. The number of aliphatic hydroxyl groups is 1. The Labute approximate surface area is 235 Å². The van der Waals surface area contributed by atoms with Crippen LogP contribution in [0, 0.1) is 12.3 Å². The summed E-state index contributed by atoms with van der Waals surface area (Å²) < 4.78 is 1.56. The minimum atomic E-state index is -1.09. The second-order valence-corrected chi connectivity index (χ2v) is 11.9. The van der Waals surface area contributed by atoms with Gasteiger partial charge in [-0.15, -0.1) is 0 Å². The van der Waals surface area contributed by atoms with E-state index < -0.39 is 11.0 Å². The fourth-order valence-electron chi connectivity index (χ4n) is 7.18. The highest BCUT2D eigenvalue weighted by Crippen LogP contribution is 2.51. The van der Waals surface area contributed by atoms with Crippen molar-refractivity contribution >= 4 is 6.03 Å². The van der Waals surface area contributed by atoms with Crippen molar-refractivity contribution in [3.05, 3.63) is 88.5 Å². The van der Waals surface area contributed by atoms with E-state index in [2.05, 4.69) is 22.4 Å². The topological polar surface area (TPSA) is 90.7 Å². The number of aromatic nitrogens is 2. The monoisotopic (exact) mass is 541 g/mol. The molecule has 6 rings (SSSR count). The predicted octanol–water partition coefficient (Wildman–Crippen LogP) is 3.98. The smallest absolute Gasteiger partial charge is 0.320 e. The van der Waals surface area contributed by atoms with Gasteiger partial charge >= 0.3 is 6.03 Å². The van der Waals surface area contributed by atoms with Crippen LogP contribution in [0.2, 0.25) is 0 Å². The molecule has 1 aliphatic carbocycles. The Morgan fingerprint density at radius 3 is 2.55 bits per heavy atom. The zero-order valence-corrected chi connectivity index (χ0v) is 23.3. The second kappa shape index (κ2) is 10.8. The summed E-state index contributed by atoms with van der Waals surface area (Å²) in [6, 6.07) is 19.7. The molecule has 2 N–H and O–H groups in total. The van der Waals surface area contributed by atoms with E-state index in [1.54, 1.807) is 17.0 Å². The van der Waals surface area contributed by atoms with E-state index in [1.165, 1.54) is 0 Å². The Hall–Kier alpha value is -3.49. The first kappa shape index (κ1) is 26.7. The van der Waals surface area contributed by atoms with Crippen molar-refractivity contribution in [1.82, 2.24) is 24.7 Å². The Bertz CT molecular complexity index is 1420. The van der Waals surface area contributed by atoms with Gasteiger partial charge in [0.25, 0.3) is 5.56 Å². The van der Waals surface area contributed by atoms with E-state index in [-0.39, 0.29) is 24.2 Å². The Balaban J connectivity index is 1.23. The summed E-state index contributed by atoms with van der Waals surface area (Å²) in [6.07, 6.45) is 5.75. The number of nitrogens with zero attached hydrogens (tertiary/aromatic N) is 4. The number of carbonyl (C=O) groups excluding carboxylic acids is 1. The number of hydrogen-bond donors (Lipinski definition) is 2. The fraction of sp³-hybridized carbons (Fsp3) is 0.469. The third-order valence-electron chi connectivity index (χ3n) is 9.51. The molecule has 1 aromatic heterocycles. The first-order chi connectivity index (χ1) is 19.4. The van der Waals surface area contributed by atoms with E-state index in [0.717, 1.165) is 55.5 Å². The van der Waals surface area contributed by atoms with Crippen molar-refractivity contribution < 1.29 is 9.90 Å². The lowest BCUT2D eigenvalue weighted by molar-refractivity contribution is -0.137. The lowest BCUT2D eigenvalue weighted by Gasteiger charge is -2.53. The van der Waals surface area contributed by atoms with Gasteiger partial charge in [0, 0.05) is 49.8 Å². The molecule has 3 aromatic rings. The van der Waals surface area contributed by atoms with Gasteiger partial charge < -0.3 is 20.2 Å². The lowest BCUT2D eigenvalue weighted by Crippen LogP contribution is -2.64. The number of piperidine rings is 1. The number of aryl methyl sites for hydroxylation is 1. The molecule has 0 radical (unpaired) electrons. The average Bonchev–Trinajstić information content (AvgIpc) is 3.46. The third kappa shape index (κ3) is 4.84. The number of urea groups is 1. The van der Waals surface area contributed by atoms with Crippen LogP contribution in [0.3, 0.4) is 0 Å². The van der Waals surface area contributed by atoms with Crippen LogP contribution >= 0.6 is 0 Å². The average molecular weight is 542 g/mol. The quantitative estimate of drug-likeness (QED) is 0.522. The lowest BCUT2D eigenvalue weighted by atomic mass is 9.66. The van der Waals surface area contributed by atoms with E-state index in [0.29, 0.717) is 31.7 Å². The van der Waals surface area contributed by atoms with Gasteiger partial charge in [-0.25, -0.2) is 9.78 Å². The van der Waals surface area contributed by atoms with E-state index in [4.69, 9.17) is 0 Å². The molecule has 3 fully saturated rings. The maximum Gasteiger partial charge on any atom is 0.320 e. The van der Waals surface area contributed by atoms with Gasteiger partial charge in [-0.3, -0.25) is 9.36 Å². The number of rotatable bonds is 4. The summed E-state index contributed by atoms with van der Waals surface area (Å²) >= 11 is 0. The van der Waals surface area contributed by atoms with Crippen molar-refractivity contribution in [2.75, 3.05) is 32.7 Å². The van der Waals surface area contributed by atoms with Crippen LogP contribution in [-0.4, -0.2) is 68.8 Å². The standard InChI is InChI=1S/C32H39N5O3/c1-24-9-5-6-12-26(24)27-19-29(38)36(23-34-27)22-32(40)15-17-35(21-31(32)13-7-8-14-31)30(39)37-18-16-33-20-28(37)25-10-3-2-4-11-25/h2-6,9-12,19,23,28,33,40H,7-8,13-18,20-22H2,1H3. The van der Waals surface area contributed by atoms with Crippen LogP contribution in [0.4, 0.5) is 4.79 Å². The van der Waals surface area contributed by atoms with Crippen LogP contribution in [0.1, 0.15) is 49.3 Å². The van der Waals surface area contributed by atoms with Crippen LogP contribution in [0.25, 0.3) is 11.3 Å². The van der Waals surface area contributed by atoms with Gasteiger partial charge in [-0.2, -0.15) is 0 Å². The molecule has 40 heavy (non-hydrogen) atoms. The van der Waals surface area contributed by atoms with Gasteiger partial charge in [0.2, 0.25) is 0 Å². The maximum absolute atomic E-state index is 14.0. The molecule has 1 spiro atoms. The summed E-state index contributed by atoms with van der Waals surface area (Å²) in [5.41, 5.74) is 2.08. The number of piperazine rings is 1. The number of nitrogens with one attached hydrogen (secondary N) is 1. The zero-order chi connectivity index (χ0) is 27.7. The molecule has 1 saturated carbocycles. The van der Waals surface area contributed by atoms with Gasteiger partial charge in [-0.05, 0) is 37.3 Å². The zero-order valence-electron chi connectivity index (χ0n) is 23.3. The van der Waals surface area contributed by atoms with Crippen LogP contribution in [0.15, 0.2) is 71.8 Å². The molecule has 0 bridgehead atoms. The minimum Gasteiger partial charge on any atom is -0.387 e. The van der Waals surface area contributed by atoms with Crippen molar-refractivity contribution in [3.8, 4) is 11.3 Å². The summed E-state index contributed by atoms with van der Waals surface area (Å²) in [6.45, 7) is 5.32. The highest BCUT2D eigenvalue weighted by molar-refractivity contribution is 5.75. The van der Waals surface area contributed by atoms with Gasteiger partial charge in [0.05, 0.1) is 30.2 Å². The molecular formula is C32H39N5O3. The van der Waals surface area contributed by atoms with Crippen LogP contribution in [-0.2, 0) is 6.54 Å². The summed E-state index contributed by atoms with van der Waals surface area (Å²) in [5.74, 6) is 0. The summed E-state index contributed by atoms with van der Waals surface area (Å²) in [7, 11) is 0. The van der Waals surface area contributed by atoms with Crippen molar-refractivity contribution in [2.45, 2.75) is 57.2 Å². The third-order valence-corrected chi connectivity index (χ3v) is 9.51. The number of hydrogen-bond acceptors (Lipinski definition) is 5. The first-order valence-electron chi connectivity index (χ1n) is 14.6. The first-order valence-corrected chi connectivity index (χ1v) is 14.6. The van der Waals surface area contributed by atoms with Gasteiger partial charge in [0.1, 0.15) is 0 Å². The summed E-state index contributed by atoms with van der Waals surface area (Å²) in [4.78, 5) is 35.8. The number of likely N-dealkylation sites (tertiary alicyclic amines) is 1. The number of carbonyl (C=O) groups is 1. The van der Waals surface area contributed by atoms with Gasteiger partial charge in [-0.1, -0.05) is 67.4 Å². The highest BCUT2D eigenvalue weighted by Gasteiger charge is 2.56. The Kier molecular flexibility index (Phi) is 7.23. The molecule has 2 atom stereocenters. The largest absolute Gasteiger partial charge is 0.387 e. The van der Waals surface area contributed by atoms with Gasteiger partial charge in [0.15, 0.2) is 0 Å². The predicted molar refractivity (Wildman–Crippen MR) is 155 cm³/mol. The fourth-order valence-corrected chi connectivity index (χ4v) is 7.18. The number of amides is 2. The molecule has 3 aliphatic rings.